The number of aryl methyl sites for hydroxylation is 1. The molecule has 3 heterocycles. The molecule has 22 aromatic carbocycles. The quantitative estimate of drug-likeness (QED) is 0.137. The molecule has 3 aromatic heterocycles. The largest absolute Gasteiger partial charge is 0.264 e. The molecule has 0 N–H and O–H groups in total. The minimum absolute atomic E-state index is 1.01. The molecule has 3 aliphatic rings. The van der Waals surface area contributed by atoms with Crippen LogP contribution in [0.3, 0.4) is 0 Å². The lowest BCUT2D eigenvalue weighted by molar-refractivity contribution is 1.22. The summed E-state index contributed by atoms with van der Waals surface area (Å²) in [5.41, 5.74) is 41.5. The molecule has 28 rings (SSSR count). The fourth-order valence-corrected chi connectivity index (χ4v) is 22.5. The van der Waals surface area contributed by atoms with E-state index in [-0.39, 0.29) is 0 Å². The van der Waals surface area contributed by atoms with E-state index in [0.717, 1.165) is 22.3 Å². The monoisotopic (exact) mass is 1680 g/mol. The van der Waals surface area contributed by atoms with Crippen LogP contribution >= 0.6 is 0 Å². The lowest BCUT2D eigenvalue weighted by atomic mass is 9.82. The lowest BCUT2D eigenvalue weighted by Crippen LogP contribution is -1.93. The first kappa shape index (κ1) is 76.8. The van der Waals surface area contributed by atoms with Crippen LogP contribution in [0.5, 0.6) is 0 Å². The van der Waals surface area contributed by atoms with Gasteiger partial charge in [-0.05, 0) is 309 Å². The Hall–Kier alpha value is -17.4. The van der Waals surface area contributed by atoms with Gasteiger partial charge in [0.05, 0.1) is 5.69 Å². The Balaban J connectivity index is 0.000000105. The molecule has 0 atom stereocenters. The summed E-state index contributed by atoms with van der Waals surface area (Å²) in [7, 11) is 0. The van der Waals surface area contributed by atoms with Crippen molar-refractivity contribution in [2.45, 2.75) is 6.92 Å². The van der Waals surface area contributed by atoms with Gasteiger partial charge in [0, 0.05) is 52.2 Å². The van der Waals surface area contributed by atoms with Crippen molar-refractivity contribution in [2.24, 2.45) is 0 Å². The molecule has 0 saturated heterocycles. The lowest BCUT2D eigenvalue weighted by Gasteiger charge is -2.20. The summed E-state index contributed by atoms with van der Waals surface area (Å²) in [4.78, 5) is 14.0. The van der Waals surface area contributed by atoms with Crippen LogP contribution in [-0.4, -0.2) is 15.0 Å². The molecular weight excluding hydrogens is 1600 g/mol. The summed E-state index contributed by atoms with van der Waals surface area (Å²) < 4.78 is 0. The van der Waals surface area contributed by atoms with Crippen LogP contribution in [0.2, 0.25) is 0 Å². The Morgan fingerprint density at radius 3 is 0.782 bits per heavy atom. The molecule has 0 saturated carbocycles. The van der Waals surface area contributed by atoms with Gasteiger partial charge in [0.1, 0.15) is 0 Å². The average Bonchev–Trinajstić information content (AvgIpc) is 1.56. The van der Waals surface area contributed by atoms with E-state index in [4.69, 9.17) is 4.98 Å². The summed E-state index contributed by atoms with van der Waals surface area (Å²) >= 11 is 0. The maximum absolute atomic E-state index is 4.85. The second kappa shape index (κ2) is 31.5. The Labute approximate surface area is 770 Å². The Morgan fingerprint density at radius 1 is 0.150 bits per heavy atom. The van der Waals surface area contributed by atoms with Crippen LogP contribution in [0.15, 0.2) is 474 Å². The van der Waals surface area contributed by atoms with Crippen molar-refractivity contribution >= 4 is 97.0 Å². The van der Waals surface area contributed by atoms with Crippen LogP contribution < -0.4 is 0 Å². The summed E-state index contributed by atoms with van der Waals surface area (Å²) in [5.74, 6) is 0. The number of hydrogen-bond donors (Lipinski definition) is 0. The van der Waals surface area contributed by atoms with E-state index in [1.165, 1.54) is 258 Å². The van der Waals surface area contributed by atoms with Crippen molar-refractivity contribution in [3.63, 3.8) is 0 Å². The molecular formula is C130H81N3. The Kier molecular flexibility index (Phi) is 18.2. The highest BCUT2D eigenvalue weighted by Crippen LogP contribution is 2.63. The topological polar surface area (TPSA) is 38.7 Å². The third-order valence-electron chi connectivity index (χ3n) is 27.9. The molecule has 3 heteroatoms. The van der Waals surface area contributed by atoms with E-state index >= 15 is 0 Å². The zero-order valence-corrected chi connectivity index (χ0v) is 72.9. The van der Waals surface area contributed by atoms with Gasteiger partial charge in [0.25, 0.3) is 0 Å². The predicted octanol–water partition coefficient (Wildman–Crippen LogP) is 35.5. The zero-order chi connectivity index (χ0) is 87.7. The number of fused-ring (bicyclic) bond motifs is 15. The van der Waals surface area contributed by atoms with Gasteiger partial charge in [0.15, 0.2) is 0 Å². The van der Waals surface area contributed by atoms with E-state index in [1.807, 2.05) is 24.8 Å². The maximum atomic E-state index is 4.85. The van der Waals surface area contributed by atoms with E-state index in [1.54, 1.807) is 0 Å². The van der Waals surface area contributed by atoms with Crippen LogP contribution in [0.1, 0.15) is 5.69 Å². The fraction of sp³-hybridized carbons (Fsp3) is 0.00769. The van der Waals surface area contributed by atoms with Gasteiger partial charge >= 0.3 is 0 Å². The smallest absolute Gasteiger partial charge is 0.0780 e. The zero-order valence-electron chi connectivity index (χ0n) is 72.9. The van der Waals surface area contributed by atoms with Gasteiger partial charge in [0.2, 0.25) is 0 Å². The highest BCUT2D eigenvalue weighted by molar-refractivity contribution is 6.32. The van der Waals surface area contributed by atoms with Gasteiger partial charge in [-0.1, -0.05) is 394 Å². The maximum Gasteiger partial charge on any atom is 0.0780 e. The van der Waals surface area contributed by atoms with Gasteiger partial charge in [-0.3, -0.25) is 15.0 Å². The van der Waals surface area contributed by atoms with Crippen molar-refractivity contribution in [1.29, 1.82) is 0 Å². The van der Waals surface area contributed by atoms with Gasteiger partial charge < -0.3 is 0 Å². The SMILES string of the molecule is Cc1cc2cccc(-c3cc4c5c(cccc5c3)-c3c-4c(-c4ccccc4)c4ccccc4c3-c3ccccc3)c2cn1.c1ccc(-c2c3c(c(-c4ccccc4)c4ccccc24)-c2cc(-c4cccc5ccncc45)cc4cccc-3c24)cc1.c1ccc(-c2nccc3c(-c4cc5c6c(cccc6c4)-c4c-5c(-c5ccccc5)c5ccccc5c4-c4ccccc4)cccc23)cc1. The van der Waals surface area contributed by atoms with E-state index in [2.05, 4.69) is 466 Å². The summed E-state index contributed by atoms with van der Waals surface area (Å²) in [6, 6.07) is 164. The minimum atomic E-state index is 1.01. The van der Waals surface area contributed by atoms with Crippen molar-refractivity contribution < 1.29 is 0 Å². The first-order chi connectivity index (χ1) is 66.0. The van der Waals surface area contributed by atoms with E-state index in [9.17, 15) is 0 Å². The standard InChI is InChI=1S/C47H29N.C42H27N.C41H25N/c1-4-14-30(15-5-1)43-37-21-10-11-22-38(37)44(31-16-6-2-7-17-31)46-41-29-34(28-33-20-12-25-40(42(33)41)45(43)46)35-23-13-24-39-36(35)26-27-48-47(39)32-18-8-3-9-19-32;1-26-22-29-16-10-20-32(37(29)25-43-26)31-23-30-17-11-21-35-38(30)36(24-31)42-40(28-14-6-3-7-15-28)34-19-9-8-18-33(34)39(41(35)42)27-12-4-2-5-13-27;1-3-11-27(12-4-1)38-32-17-7-8-18-33(32)39(28-13-5-2-6-14-28)41-35-24-30(23-29-16-10-20-34(37(29)35)40(38)41)31-19-9-15-26-21-22-42-25-36(26)31/h1-29H;2-25H,1H3;1-25H. The number of nitrogens with zero attached hydrogens (tertiary/aromatic N) is 3. The molecule has 0 unspecified atom stereocenters. The molecule has 133 heavy (non-hydrogen) atoms. The van der Waals surface area contributed by atoms with Crippen molar-refractivity contribution in [2.75, 3.05) is 0 Å². The Morgan fingerprint density at radius 2 is 0.429 bits per heavy atom. The first-order valence-electron chi connectivity index (χ1n) is 45.9. The molecule has 0 spiro atoms. The third kappa shape index (κ3) is 12.5. The van der Waals surface area contributed by atoms with E-state index in [0.29, 0.717) is 0 Å². The minimum Gasteiger partial charge on any atom is -0.264 e. The number of pyridine rings is 3. The molecule has 0 radical (unpaired) electrons. The number of rotatable bonds is 10. The average molecular weight is 1690 g/mol. The molecule has 0 aliphatic heterocycles. The van der Waals surface area contributed by atoms with Crippen molar-refractivity contribution in [3.8, 4) is 178 Å². The molecule has 0 bridgehead atoms. The van der Waals surface area contributed by atoms with Crippen molar-refractivity contribution in [3.05, 3.63) is 479 Å². The summed E-state index contributed by atoms with van der Waals surface area (Å²) in [5, 5.41) is 22.6. The van der Waals surface area contributed by atoms with Gasteiger partial charge in [-0.2, -0.15) is 0 Å². The van der Waals surface area contributed by atoms with E-state index < -0.39 is 0 Å². The predicted molar refractivity (Wildman–Crippen MR) is 563 cm³/mol. The fourth-order valence-electron chi connectivity index (χ4n) is 22.5. The summed E-state index contributed by atoms with van der Waals surface area (Å²) in [6.07, 6.45) is 7.85. The second-order valence-electron chi connectivity index (χ2n) is 35.3. The molecule has 3 nitrogen and oxygen atoms in total. The highest BCUT2D eigenvalue weighted by atomic mass is 14.7. The summed E-state index contributed by atoms with van der Waals surface area (Å²) in [6.45, 7) is 2.06. The number of aromatic nitrogens is 3. The van der Waals surface area contributed by atoms with Crippen molar-refractivity contribution in [1.82, 2.24) is 15.0 Å². The molecule has 3 aliphatic carbocycles. The second-order valence-corrected chi connectivity index (χ2v) is 35.3. The Bertz CT molecular complexity index is 9080. The normalized spacial score (nSPS) is 11.8. The van der Waals surface area contributed by atoms with Crippen LogP contribution in [0, 0.1) is 6.92 Å². The number of hydrogen-bond acceptors (Lipinski definition) is 3. The highest BCUT2D eigenvalue weighted by Gasteiger charge is 2.36. The third-order valence-corrected chi connectivity index (χ3v) is 27.9. The number of benzene rings is 22. The van der Waals surface area contributed by atoms with Crippen LogP contribution in [0.25, 0.3) is 275 Å². The molecule has 616 valence electrons. The van der Waals surface area contributed by atoms with Crippen LogP contribution in [0.4, 0.5) is 0 Å². The first-order valence-corrected chi connectivity index (χ1v) is 45.9. The van der Waals surface area contributed by atoms with Crippen LogP contribution in [-0.2, 0) is 0 Å². The van der Waals surface area contributed by atoms with Gasteiger partial charge in [-0.15, -0.1) is 0 Å². The molecule has 25 aromatic rings. The molecule has 0 amide bonds. The van der Waals surface area contributed by atoms with Gasteiger partial charge in [-0.25, -0.2) is 0 Å². The molecule has 0 fully saturated rings.